The topological polar surface area (TPSA) is 24.5 Å². The lowest BCUT2D eigenvalue weighted by molar-refractivity contribution is -0.0495. The summed E-state index contributed by atoms with van der Waals surface area (Å²) >= 11 is 0. The molecule has 106 valence electrons. The molecule has 2 heterocycles. The summed E-state index contributed by atoms with van der Waals surface area (Å²) in [6.45, 7) is 17.0. The molecular weight excluding hydrogens is 224 g/mol. The van der Waals surface area contributed by atoms with Crippen LogP contribution < -0.4 is 5.32 Å². The number of hydrogen-bond donors (Lipinski definition) is 1. The van der Waals surface area contributed by atoms with Crippen molar-refractivity contribution in [3.8, 4) is 0 Å². The second-order valence-corrected chi connectivity index (χ2v) is 7.32. The maximum atomic E-state index is 5.86. The lowest BCUT2D eigenvalue weighted by atomic mass is 9.83. The zero-order chi connectivity index (χ0) is 13.6. The van der Waals surface area contributed by atoms with E-state index in [0.29, 0.717) is 18.1 Å². The molecule has 0 radical (unpaired) electrons. The van der Waals surface area contributed by atoms with Crippen LogP contribution in [0.1, 0.15) is 48.0 Å². The third kappa shape index (κ3) is 2.45. The molecule has 3 heteroatoms. The van der Waals surface area contributed by atoms with Gasteiger partial charge in [0.25, 0.3) is 0 Å². The normalized spacial score (nSPS) is 41.5. The van der Waals surface area contributed by atoms with Gasteiger partial charge in [-0.05, 0) is 40.0 Å². The fourth-order valence-electron chi connectivity index (χ4n) is 3.45. The number of hydrogen-bond acceptors (Lipinski definition) is 3. The molecule has 2 aliphatic rings. The first-order valence-corrected chi connectivity index (χ1v) is 7.40. The Morgan fingerprint density at radius 1 is 1.28 bits per heavy atom. The van der Waals surface area contributed by atoms with Crippen LogP contribution in [0, 0.1) is 5.92 Å². The summed E-state index contributed by atoms with van der Waals surface area (Å²) in [6, 6.07) is 0.618. The summed E-state index contributed by atoms with van der Waals surface area (Å²) in [6.07, 6.45) is 1.50. The van der Waals surface area contributed by atoms with Crippen molar-refractivity contribution in [1.82, 2.24) is 10.2 Å². The number of rotatable bonds is 2. The quantitative estimate of drug-likeness (QED) is 0.818. The van der Waals surface area contributed by atoms with Gasteiger partial charge in [0.2, 0.25) is 0 Å². The van der Waals surface area contributed by atoms with Gasteiger partial charge in [-0.2, -0.15) is 0 Å². The Kier molecular flexibility index (Phi) is 3.79. The minimum absolute atomic E-state index is 0.203. The number of ether oxygens (including phenoxy) is 1. The Bertz CT molecular complexity index is 303. The van der Waals surface area contributed by atoms with Gasteiger partial charge in [0, 0.05) is 36.8 Å². The molecule has 0 amide bonds. The van der Waals surface area contributed by atoms with Crippen molar-refractivity contribution in [2.75, 3.05) is 19.7 Å². The van der Waals surface area contributed by atoms with E-state index in [-0.39, 0.29) is 11.1 Å². The highest BCUT2D eigenvalue weighted by atomic mass is 16.5. The third-order valence-corrected chi connectivity index (χ3v) is 5.03. The Balaban J connectivity index is 2.24. The van der Waals surface area contributed by atoms with Crippen LogP contribution >= 0.6 is 0 Å². The largest absolute Gasteiger partial charge is 0.377 e. The molecule has 0 aliphatic carbocycles. The standard InChI is InChI=1S/C15H30N2O/c1-11(2)13-9-16-14(4,5)10-17(13)15(6)7-8-18-12(15)3/h11-13,16H,7-10H2,1-6H3. The Labute approximate surface area is 112 Å². The zero-order valence-electron chi connectivity index (χ0n) is 12.9. The SMILES string of the molecule is CC(C)C1CNC(C)(C)CN1C1(C)CCOC1C. The fourth-order valence-corrected chi connectivity index (χ4v) is 3.45. The molecule has 0 spiro atoms. The van der Waals surface area contributed by atoms with Gasteiger partial charge in [0.05, 0.1) is 6.10 Å². The van der Waals surface area contributed by atoms with Crippen LogP contribution in [-0.2, 0) is 4.74 Å². The molecule has 0 saturated carbocycles. The van der Waals surface area contributed by atoms with E-state index in [1.54, 1.807) is 0 Å². The third-order valence-electron chi connectivity index (χ3n) is 5.03. The van der Waals surface area contributed by atoms with E-state index in [4.69, 9.17) is 4.74 Å². The molecule has 1 N–H and O–H groups in total. The van der Waals surface area contributed by atoms with Gasteiger partial charge in [-0.25, -0.2) is 0 Å². The minimum atomic E-state index is 0.203. The minimum Gasteiger partial charge on any atom is -0.377 e. The Hall–Kier alpha value is -0.120. The van der Waals surface area contributed by atoms with Crippen LogP contribution in [0.3, 0.4) is 0 Å². The first-order chi connectivity index (χ1) is 8.26. The molecule has 3 nitrogen and oxygen atoms in total. The Morgan fingerprint density at radius 3 is 2.44 bits per heavy atom. The summed E-state index contributed by atoms with van der Waals surface area (Å²) in [5.74, 6) is 0.679. The van der Waals surface area contributed by atoms with Gasteiger partial charge in [-0.1, -0.05) is 13.8 Å². The van der Waals surface area contributed by atoms with E-state index in [0.717, 1.165) is 26.1 Å². The van der Waals surface area contributed by atoms with Crippen LogP contribution in [0.4, 0.5) is 0 Å². The smallest absolute Gasteiger partial charge is 0.0728 e. The van der Waals surface area contributed by atoms with Crippen LogP contribution in [0.15, 0.2) is 0 Å². The lowest BCUT2D eigenvalue weighted by Gasteiger charge is -2.54. The molecule has 0 aromatic carbocycles. The monoisotopic (exact) mass is 254 g/mol. The molecule has 3 atom stereocenters. The molecule has 18 heavy (non-hydrogen) atoms. The summed E-state index contributed by atoms with van der Waals surface area (Å²) in [5.41, 5.74) is 0.408. The van der Waals surface area contributed by atoms with Crippen LogP contribution in [0.25, 0.3) is 0 Å². The van der Waals surface area contributed by atoms with Crippen molar-refractivity contribution in [1.29, 1.82) is 0 Å². The van der Waals surface area contributed by atoms with E-state index in [1.807, 2.05) is 0 Å². The maximum Gasteiger partial charge on any atom is 0.0728 e. The van der Waals surface area contributed by atoms with Crippen molar-refractivity contribution >= 4 is 0 Å². The first kappa shape index (κ1) is 14.3. The van der Waals surface area contributed by atoms with Crippen molar-refractivity contribution in [2.24, 2.45) is 5.92 Å². The zero-order valence-corrected chi connectivity index (χ0v) is 12.9. The fraction of sp³-hybridized carbons (Fsp3) is 1.00. The van der Waals surface area contributed by atoms with E-state index in [9.17, 15) is 0 Å². The van der Waals surface area contributed by atoms with Crippen LogP contribution in [0.5, 0.6) is 0 Å². The van der Waals surface area contributed by atoms with Gasteiger partial charge in [-0.3, -0.25) is 4.90 Å². The summed E-state index contributed by atoms with van der Waals surface area (Å²) in [4.78, 5) is 2.73. The lowest BCUT2D eigenvalue weighted by Crippen LogP contribution is -2.69. The van der Waals surface area contributed by atoms with E-state index >= 15 is 0 Å². The molecule has 0 bridgehead atoms. The molecule has 2 fully saturated rings. The van der Waals surface area contributed by atoms with E-state index < -0.39 is 0 Å². The van der Waals surface area contributed by atoms with Crippen molar-refractivity contribution < 1.29 is 4.74 Å². The van der Waals surface area contributed by atoms with Crippen LogP contribution in [-0.4, -0.2) is 47.8 Å². The second kappa shape index (κ2) is 4.77. The van der Waals surface area contributed by atoms with Crippen molar-refractivity contribution in [2.45, 2.75) is 71.2 Å². The van der Waals surface area contributed by atoms with E-state index in [2.05, 4.69) is 51.8 Å². The predicted octanol–water partition coefficient (Wildman–Crippen LogP) is 2.26. The van der Waals surface area contributed by atoms with Gasteiger partial charge < -0.3 is 10.1 Å². The number of nitrogens with zero attached hydrogens (tertiary/aromatic N) is 1. The number of nitrogens with one attached hydrogen (secondary N) is 1. The van der Waals surface area contributed by atoms with Gasteiger partial charge in [0.1, 0.15) is 0 Å². The first-order valence-electron chi connectivity index (χ1n) is 7.40. The summed E-state index contributed by atoms with van der Waals surface area (Å²) < 4.78 is 5.86. The summed E-state index contributed by atoms with van der Waals surface area (Å²) in [5, 5.41) is 3.69. The highest BCUT2D eigenvalue weighted by Gasteiger charge is 2.48. The summed E-state index contributed by atoms with van der Waals surface area (Å²) in [7, 11) is 0. The van der Waals surface area contributed by atoms with Crippen molar-refractivity contribution in [3.63, 3.8) is 0 Å². The number of piperazine rings is 1. The van der Waals surface area contributed by atoms with Crippen LogP contribution in [0.2, 0.25) is 0 Å². The van der Waals surface area contributed by atoms with Gasteiger partial charge in [0.15, 0.2) is 0 Å². The molecular formula is C15H30N2O. The molecule has 0 aromatic heterocycles. The second-order valence-electron chi connectivity index (χ2n) is 7.32. The predicted molar refractivity (Wildman–Crippen MR) is 75.8 cm³/mol. The highest BCUT2D eigenvalue weighted by molar-refractivity contribution is 5.04. The molecule has 3 unspecified atom stereocenters. The highest BCUT2D eigenvalue weighted by Crippen LogP contribution is 2.37. The maximum absolute atomic E-state index is 5.86. The Morgan fingerprint density at radius 2 is 1.94 bits per heavy atom. The van der Waals surface area contributed by atoms with Crippen molar-refractivity contribution in [3.05, 3.63) is 0 Å². The average molecular weight is 254 g/mol. The molecule has 2 aliphatic heterocycles. The van der Waals surface area contributed by atoms with Gasteiger partial charge >= 0.3 is 0 Å². The molecule has 2 rings (SSSR count). The van der Waals surface area contributed by atoms with Gasteiger partial charge in [-0.15, -0.1) is 0 Å². The molecule has 0 aromatic rings. The van der Waals surface area contributed by atoms with E-state index in [1.165, 1.54) is 0 Å². The molecule has 2 saturated heterocycles. The average Bonchev–Trinajstić information content (AvgIpc) is 2.58.